The van der Waals surface area contributed by atoms with Crippen LogP contribution in [0.3, 0.4) is 0 Å². The Kier molecular flexibility index (Phi) is 8.06. The number of hydrogen-bond acceptors (Lipinski definition) is 2. The summed E-state index contributed by atoms with van der Waals surface area (Å²) in [7, 11) is 2.13. The number of nitrogens with zero attached hydrogens (tertiary/aromatic N) is 1. The smallest absolute Gasteiger partial charge is 0.0717 e. The van der Waals surface area contributed by atoms with Crippen LogP contribution in [-0.4, -0.2) is 37.5 Å². The van der Waals surface area contributed by atoms with E-state index in [1.54, 1.807) is 0 Å². The normalized spacial score (nSPS) is 11.0. The standard InChI is InChI=1S/C14H22ClNO/c1-16(10-6-5-9-15)11-12-17-13-14-7-3-2-4-8-14/h2-4,7-8H,5-6,9-13H2,1H3. The quantitative estimate of drug-likeness (QED) is 0.497. The van der Waals surface area contributed by atoms with E-state index >= 15 is 0 Å². The number of likely N-dealkylation sites (N-methyl/N-ethyl adjacent to an activating group) is 1. The van der Waals surface area contributed by atoms with Crippen molar-refractivity contribution in [3.63, 3.8) is 0 Å². The summed E-state index contributed by atoms with van der Waals surface area (Å²) in [5, 5.41) is 0. The molecule has 0 fully saturated rings. The van der Waals surface area contributed by atoms with Crippen molar-refractivity contribution < 1.29 is 4.74 Å². The van der Waals surface area contributed by atoms with Crippen molar-refractivity contribution in [1.82, 2.24) is 4.90 Å². The summed E-state index contributed by atoms with van der Waals surface area (Å²) in [6.45, 7) is 3.57. The van der Waals surface area contributed by atoms with E-state index < -0.39 is 0 Å². The number of halogens is 1. The molecule has 0 N–H and O–H groups in total. The molecular formula is C14H22ClNO. The van der Waals surface area contributed by atoms with Gasteiger partial charge in [0, 0.05) is 12.4 Å². The second kappa shape index (κ2) is 9.46. The largest absolute Gasteiger partial charge is 0.375 e. The van der Waals surface area contributed by atoms with Gasteiger partial charge in [0.15, 0.2) is 0 Å². The molecule has 0 saturated carbocycles. The first-order valence-electron chi connectivity index (χ1n) is 6.19. The van der Waals surface area contributed by atoms with Crippen molar-refractivity contribution in [2.75, 3.05) is 32.6 Å². The lowest BCUT2D eigenvalue weighted by molar-refractivity contribution is 0.0993. The Morgan fingerprint density at radius 2 is 1.88 bits per heavy atom. The maximum absolute atomic E-state index is 5.64. The monoisotopic (exact) mass is 255 g/mol. The molecule has 17 heavy (non-hydrogen) atoms. The molecule has 96 valence electrons. The van der Waals surface area contributed by atoms with Gasteiger partial charge in [0.1, 0.15) is 0 Å². The Morgan fingerprint density at radius 3 is 2.59 bits per heavy atom. The maximum atomic E-state index is 5.64. The first kappa shape index (κ1) is 14.5. The van der Waals surface area contributed by atoms with Gasteiger partial charge in [0.05, 0.1) is 13.2 Å². The number of benzene rings is 1. The van der Waals surface area contributed by atoms with Crippen LogP contribution in [0.2, 0.25) is 0 Å². The zero-order valence-corrected chi connectivity index (χ0v) is 11.3. The van der Waals surface area contributed by atoms with E-state index in [1.165, 1.54) is 12.0 Å². The molecule has 1 aromatic rings. The van der Waals surface area contributed by atoms with E-state index in [0.717, 1.165) is 32.0 Å². The van der Waals surface area contributed by atoms with E-state index in [-0.39, 0.29) is 0 Å². The molecule has 0 spiro atoms. The van der Waals surface area contributed by atoms with Gasteiger partial charge in [-0.1, -0.05) is 30.3 Å². The van der Waals surface area contributed by atoms with Crippen LogP contribution in [0.15, 0.2) is 30.3 Å². The van der Waals surface area contributed by atoms with Crippen LogP contribution in [-0.2, 0) is 11.3 Å². The fourth-order valence-corrected chi connectivity index (χ4v) is 1.76. The zero-order valence-electron chi connectivity index (χ0n) is 10.6. The average Bonchev–Trinajstić information content (AvgIpc) is 2.36. The predicted molar refractivity (Wildman–Crippen MR) is 73.5 cm³/mol. The number of rotatable bonds is 9. The summed E-state index contributed by atoms with van der Waals surface area (Å²) >= 11 is 5.64. The Balaban J connectivity index is 2.00. The maximum Gasteiger partial charge on any atom is 0.0717 e. The SMILES string of the molecule is CN(CCCCCl)CCOCc1ccccc1. The molecule has 0 amide bonds. The van der Waals surface area contributed by atoms with Crippen molar-refractivity contribution >= 4 is 11.6 Å². The van der Waals surface area contributed by atoms with Crippen molar-refractivity contribution in [2.24, 2.45) is 0 Å². The van der Waals surface area contributed by atoms with E-state index in [9.17, 15) is 0 Å². The third kappa shape index (κ3) is 7.37. The molecule has 0 bridgehead atoms. The molecule has 0 aromatic heterocycles. The topological polar surface area (TPSA) is 12.5 Å². The lowest BCUT2D eigenvalue weighted by Gasteiger charge is -2.16. The van der Waals surface area contributed by atoms with Crippen molar-refractivity contribution in [3.05, 3.63) is 35.9 Å². The summed E-state index contributed by atoms with van der Waals surface area (Å²) in [4.78, 5) is 2.29. The first-order chi connectivity index (χ1) is 8.33. The van der Waals surface area contributed by atoms with E-state index in [1.807, 2.05) is 18.2 Å². The van der Waals surface area contributed by atoms with Crippen LogP contribution in [0.4, 0.5) is 0 Å². The molecular weight excluding hydrogens is 234 g/mol. The summed E-state index contributed by atoms with van der Waals surface area (Å²) in [6.07, 6.45) is 2.26. The van der Waals surface area contributed by atoms with Crippen LogP contribution >= 0.6 is 11.6 Å². The molecule has 0 aliphatic rings. The number of alkyl halides is 1. The minimum absolute atomic E-state index is 0.705. The van der Waals surface area contributed by atoms with Crippen LogP contribution < -0.4 is 0 Å². The van der Waals surface area contributed by atoms with E-state index in [2.05, 4.69) is 24.1 Å². The highest BCUT2D eigenvalue weighted by Crippen LogP contribution is 2.00. The fraction of sp³-hybridized carbons (Fsp3) is 0.571. The lowest BCUT2D eigenvalue weighted by Crippen LogP contribution is -2.24. The molecule has 1 rings (SSSR count). The number of unbranched alkanes of at least 4 members (excludes halogenated alkanes) is 1. The van der Waals surface area contributed by atoms with Crippen LogP contribution in [0.25, 0.3) is 0 Å². The molecule has 0 radical (unpaired) electrons. The van der Waals surface area contributed by atoms with E-state index in [0.29, 0.717) is 6.61 Å². The average molecular weight is 256 g/mol. The van der Waals surface area contributed by atoms with Crippen LogP contribution in [0.1, 0.15) is 18.4 Å². The minimum atomic E-state index is 0.705. The summed E-state index contributed by atoms with van der Waals surface area (Å²) in [6, 6.07) is 10.3. The van der Waals surface area contributed by atoms with Gasteiger partial charge in [0.2, 0.25) is 0 Å². The molecule has 0 aliphatic heterocycles. The highest BCUT2D eigenvalue weighted by Gasteiger charge is 1.98. The van der Waals surface area contributed by atoms with Gasteiger partial charge >= 0.3 is 0 Å². The molecule has 2 nitrogen and oxygen atoms in total. The second-order valence-electron chi connectivity index (χ2n) is 4.24. The van der Waals surface area contributed by atoms with Gasteiger partial charge in [-0.2, -0.15) is 0 Å². The summed E-state index contributed by atoms with van der Waals surface area (Å²) < 4.78 is 5.63. The Labute approximate surface area is 110 Å². The lowest BCUT2D eigenvalue weighted by atomic mass is 10.2. The van der Waals surface area contributed by atoms with Crippen molar-refractivity contribution in [2.45, 2.75) is 19.4 Å². The number of hydrogen-bond donors (Lipinski definition) is 0. The Hall–Kier alpha value is -0.570. The molecule has 0 unspecified atom stereocenters. The second-order valence-corrected chi connectivity index (χ2v) is 4.62. The van der Waals surface area contributed by atoms with Gasteiger partial charge in [-0.05, 0) is 32.0 Å². The van der Waals surface area contributed by atoms with Gasteiger partial charge in [-0.3, -0.25) is 0 Å². The summed E-state index contributed by atoms with van der Waals surface area (Å²) in [5.41, 5.74) is 1.23. The Bertz CT molecular complexity index is 279. The molecule has 0 atom stereocenters. The highest BCUT2D eigenvalue weighted by atomic mass is 35.5. The molecule has 3 heteroatoms. The number of ether oxygens (including phenoxy) is 1. The van der Waals surface area contributed by atoms with Crippen molar-refractivity contribution in [3.8, 4) is 0 Å². The fourth-order valence-electron chi connectivity index (χ4n) is 1.57. The van der Waals surface area contributed by atoms with Gasteiger partial charge in [0.25, 0.3) is 0 Å². The predicted octanol–water partition coefficient (Wildman–Crippen LogP) is 3.15. The van der Waals surface area contributed by atoms with E-state index in [4.69, 9.17) is 16.3 Å². The molecule has 1 aromatic carbocycles. The van der Waals surface area contributed by atoms with Gasteiger partial charge < -0.3 is 9.64 Å². The van der Waals surface area contributed by atoms with Crippen molar-refractivity contribution in [1.29, 1.82) is 0 Å². The molecule has 0 aliphatic carbocycles. The highest BCUT2D eigenvalue weighted by molar-refractivity contribution is 6.17. The summed E-state index contributed by atoms with van der Waals surface area (Å²) in [5.74, 6) is 0.762. The Morgan fingerprint density at radius 1 is 1.12 bits per heavy atom. The van der Waals surface area contributed by atoms with Gasteiger partial charge in [-0.25, -0.2) is 0 Å². The molecule has 0 saturated heterocycles. The third-order valence-corrected chi connectivity index (χ3v) is 2.92. The minimum Gasteiger partial charge on any atom is -0.375 e. The van der Waals surface area contributed by atoms with Gasteiger partial charge in [-0.15, -0.1) is 11.6 Å². The van der Waals surface area contributed by atoms with Crippen LogP contribution in [0.5, 0.6) is 0 Å². The first-order valence-corrected chi connectivity index (χ1v) is 6.72. The van der Waals surface area contributed by atoms with Crippen LogP contribution in [0, 0.1) is 0 Å². The zero-order chi connectivity index (χ0) is 12.3. The third-order valence-electron chi connectivity index (χ3n) is 2.65. The molecule has 0 heterocycles.